The first-order valence-electron chi connectivity index (χ1n) is 5.31. The summed E-state index contributed by atoms with van der Waals surface area (Å²) < 4.78 is 1.06. The van der Waals surface area contributed by atoms with Gasteiger partial charge in [-0.3, -0.25) is 9.59 Å². The molecule has 4 nitrogen and oxygen atoms in total. The number of hydrogen-bond donors (Lipinski definition) is 1. The molecule has 2 amide bonds. The monoisotopic (exact) mass is 316 g/mol. The molecule has 1 saturated heterocycles. The largest absolute Gasteiger partial charge is 0.355 e. The van der Waals surface area contributed by atoms with E-state index in [9.17, 15) is 9.59 Å². The standard InChI is InChI=1S/C11H13BrN2O2S/c1-14(5-7-2-9(12)17-6-7)11(16)8-3-10(15)13-4-8/h2,6,8H,3-5H2,1H3,(H,13,15). The summed E-state index contributed by atoms with van der Waals surface area (Å²) in [5.74, 6) is -0.199. The molecule has 0 aromatic carbocycles. The van der Waals surface area contributed by atoms with Gasteiger partial charge in [0.15, 0.2) is 0 Å². The van der Waals surface area contributed by atoms with Crippen LogP contribution in [0, 0.1) is 5.92 Å². The van der Waals surface area contributed by atoms with E-state index in [2.05, 4.69) is 21.2 Å². The molecule has 0 bridgehead atoms. The number of rotatable bonds is 3. The minimum Gasteiger partial charge on any atom is -0.355 e. The van der Waals surface area contributed by atoms with Gasteiger partial charge >= 0.3 is 0 Å². The molecule has 1 aliphatic heterocycles. The Labute approximate surface area is 112 Å². The molecular formula is C11H13BrN2O2S. The van der Waals surface area contributed by atoms with Crippen molar-refractivity contribution in [2.24, 2.45) is 5.92 Å². The second kappa shape index (κ2) is 5.18. The topological polar surface area (TPSA) is 49.4 Å². The summed E-state index contributed by atoms with van der Waals surface area (Å²) in [6.45, 7) is 1.06. The van der Waals surface area contributed by atoms with E-state index in [1.165, 1.54) is 0 Å². The van der Waals surface area contributed by atoms with Crippen LogP contribution in [0.15, 0.2) is 15.2 Å². The summed E-state index contributed by atoms with van der Waals surface area (Å²) in [4.78, 5) is 24.8. The van der Waals surface area contributed by atoms with Crippen LogP contribution in [0.25, 0.3) is 0 Å². The van der Waals surface area contributed by atoms with E-state index in [0.29, 0.717) is 19.5 Å². The maximum Gasteiger partial charge on any atom is 0.228 e. The lowest BCUT2D eigenvalue weighted by Gasteiger charge is -2.19. The molecule has 1 unspecified atom stereocenters. The first-order valence-corrected chi connectivity index (χ1v) is 6.98. The average molecular weight is 317 g/mol. The van der Waals surface area contributed by atoms with Crippen molar-refractivity contribution in [2.75, 3.05) is 13.6 Å². The highest BCUT2D eigenvalue weighted by atomic mass is 79.9. The van der Waals surface area contributed by atoms with Crippen molar-refractivity contribution >= 4 is 39.1 Å². The first kappa shape index (κ1) is 12.6. The summed E-state index contributed by atoms with van der Waals surface area (Å²) in [5, 5.41) is 4.70. The summed E-state index contributed by atoms with van der Waals surface area (Å²) in [6, 6.07) is 2.01. The predicted molar refractivity (Wildman–Crippen MR) is 69.6 cm³/mol. The maximum absolute atomic E-state index is 12.0. The van der Waals surface area contributed by atoms with Crippen LogP contribution in [0.1, 0.15) is 12.0 Å². The quantitative estimate of drug-likeness (QED) is 0.921. The van der Waals surface area contributed by atoms with Gasteiger partial charge in [0.1, 0.15) is 0 Å². The van der Waals surface area contributed by atoms with E-state index in [4.69, 9.17) is 0 Å². The third kappa shape index (κ3) is 3.07. The third-order valence-electron chi connectivity index (χ3n) is 2.74. The predicted octanol–water partition coefficient (Wildman–Crippen LogP) is 1.61. The van der Waals surface area contributed by atoms with Crippen molar-refractivity contribution in [3.63, 3.8) is 0 Å². The van der Waals surface area contributed by atoms with Crippen molar-refractivity contribution in [1.29, 1.82) is 0 Å². The van der Waals surface area contributed by atoms with Crippen molar-refractivity contribution in [3.8, 4) is 0 Å². The molecule has 0 saturated carbocycles. The van der Waals surface area contributed by atoms with Crippen molar-refractivity contribution < 1.29 is 9.59 Å². The Morgan fingerprint density at radius 1 is 1.71 bits per heavy atom. The van der Waals surface area contributed by atoms with Crippen molar-refractivity contribution in [3.05, 3.63) is 20.8 Å². The highest BCUT2D eigenvalue weighted by Gasteiger charge is 2.29. The second-order valence-electron chi connectivity index (χ2n) is 4.16. The Morgan fingerprint density at radius 2 is 2.47 bits per heavy atom. The zero-order valence-electron chi connectivity index (χ0n) is 9.40. The van der Waals surface area contributed by atoms with E-state index < -0.39 is 0 Å². The summed E-state index contributed by atoms with van der Waals surface area (Å²) >= 11 is 5.00. The van der Waals surface area contributed by atoms with Crippen LogP contribution in [-0.2, 0) is 16.1 Å². The van der Waals surface area contributed by atoms with Gasteiger partial charge in [-0.1, -0.05) is 0 Å². The van der Waals surface area contributed by atoms with Crippen LogP contribution in [0.5, 0.6) is 0 Å². The number of carbonyl (C=O) groups excluding carboxylic acids is 2. The number of nitrogens with one attached hydrogen (secondary N) is 1. The van der Waals surface area contributed by atoms with Crippen LogP contribution in [0.3, 0.4) is 0 Å². The Morgan fingerprint density at radius 3 is 3.00 bits per heavy atom. The molecule has 1 N–H and O–H groups in total. The molecular weight excluding hydrogens is 304 g/mol. The molecule has 1 atom stereocenters. The number of halogens is 1. The lowest BCUT2D eigenvalue weighted by atomic mass is 10.1. The number of hydrogen-bond acceptors (Lipinski definition) is 3. The van der Waals surface area contributed by atoms with Crippen LogP contribution in [-0.4, -0.2) is 30.3 Å². The van der Waals surface area contributed by atoms with Gasteiger partial charge in [0.25, 0.3) is 0 Å². The van der Waals surface area contributed by atoms with E-state index in [1.54, 1.807) is 23.3 Å². The molecule has 1 fully saturated rings. The molecule has 0 aliphatic carbocycles. The van der Waals surface area contributed by atoms with Gasteiger partial charge in [-0.15, -0.1) is 11.3 Å². The molecule has 1 aromatic heterocycles. The lowest BCUT2D eigenvalue weighted by molar-refractivity contribution is -0.135. The van der Waals surface area contributed by atoms with Gasteiger partial charge in [0, 0.05) is 26.6 Å². The highest BCUT2D eigenvalue weighted by molar-refractivity contribution is 9.11. The first-order chi connectivity index (χ1) is 8.06. The molecule has 0 spiro atoms. The van der Waals surface area contributed by atoms with Gasteiger partial charge in [0.05, 0.1) is 9.70 Å². The van der Waals surface area contributed by atoms with E-state index in [0.717, 1.165) is 9.35 Å². The fourth-order valence-corrected chi connectivity index (χ4v) is 3.07. The van der Waals surface area contributed by atoms with Gasteiger partial charge in [-0.05, 0) is 32.9 Å². The Balaban J connectivity index is 1.93. The van der Waals surface area contributed by atoms with E-state index in [1.807, 2.05) is 11.4 Å². The van der Waals surface area contributed by atoms with Gasteiger partial charge in [-0.25, -0.2) is 0 Å². The second-order valence-corrected chi connectivity index (χ2v) is 6.45. The molecule has 1 aromatic rings. The lowest BCUT2D eigenvalue weighted by Crippen LogP contribution is -2.33. The Bertz CT molecular complexity index is 446. The SMILES string of the molecule is CN(Cc1csc(Br)c1)C(=O)C1CNC(=O)C1. The zero-order chi connectivity index (χ0) is 12.4. The maximum atomic E-state index is 12.0. The van der Waals surface area contributed by atoms with Crippen molar-refractivity contribution in [2.45, 2.75) is 13.0 Å². The molecule has 6 heteroatoms. The fraction of sp³-hybridized carbons (Fsp3) is 0.455. The summed E-state index contributed by atoms with van der Waals surface area (Å²) in [5.41, 5.74) is 1.11. The molecule has 2 heterocycles. The fourth-order valence-electron chi connectivity index (χ4n) is 1.87. The Hall–Kier alpha value is -0.880. The van der Waals surface area contributed by atoms with Crippen LogP contribution in [0.2, 0.25) is 0 Å². The Kier molecular flexibility index (Phi) is 3.83. The third-order valence-corrected chi connectivity index (χ3v) is 4.30. The minimum atomic E-state index is -0.199. The number of thiophene rings is 1. The number of nitrogens with zero attached hydrogens (tertiary/aromatic N) is 1. The molecule has 17 heavy (non-hydrogen) atoms. The molecule has 92 valence electrons. The molecule has 2 rings (SSSR count). The summed E-state index contributed by atoms with van der Waals surface area (Å²) in [7, 11) is 1.77. The normalized spacial score (nSPS) is 19.2. The molecule has 1 aliphatic rings. The van der Waals surface area contributed by atoms with Crippen LogP contribution < -0.4 is 5.32 Å². The van der Waals surface area contributed by atoms with E-state index in [-0.39, 0.29) is 17.7 Å². The number of carbonyl (C=O) groups is 2. The van der Waals surface area contributed by atoms with E-state index >= 15 is 0 Å². The van der Waals surface area contributed by atoms with Crippen LogP contribution in [0.4, 0.5) is 0 Å². The van der Waals surface area contributed by atoms with Gasteiger partial charge in [-0.2, -0.15) is 0 Å². The number of amides is 2. The van der Waals surface area contributed by atoms with Gasteiger partial charge < -0.3 is 10.2 Å². The van der Waals surface area contributed by atoms with Crippen LogP contribution >= 0.6 is 27.3 Å². The average Bonchev–Trinajstić information content (AvgIpc) is 2.87. The minimum absolute atomic E-state index is 0.0324. The smallest absolute Gasteiger partial charge is 0.228 e. The zero-order valence-corrected chi connectivity index (χ0v) is 11.8. The molecule has 0 radical (unpaired) electrons. The highest BCUT2D eigenvalue weighted by Crippen LogP contribution is 2.22. The summed E-state index contributed by atoms with van der Waals surface area (Å²) in [6.07, 6.45) is 0.316. The van der Waals surface area contributed by atoms with Gasteiger partial charge in [0.2, 0.25) is 11.8 Å². The van der Waals surface area contributed by atoms with Crippen molar-refractivity contribution in [1.82, 2.24) is 10.2 Å².